The van der Waals surface area contributed by atoms with Crippen LogP contribution in [0.5, 0.6) is 5.75 Å². The molecule has 2 heterocycles. The van der Waals surface area contributed by atoms with Gasteiger partial charge in [0.05, 0.1) is 0 Å². The number of allylic oxidation sites excluding steroid dienone is 1. The maximum Gasteiger partial charge on any atom is 0.387 e. The normalized spacial score (nSPS) is 15.8. The molecule has 1 aliphatic heterocycles. The van der Waals surface area contributed by atoms with Gasteiger partial charge in [0, 0.05) is 15.7 Å². The Morgan fingerprint density at radius 3 is 2.59 bits per heavy atom. The number of aromatic nitrogens is 4. The van der Waals surface area contributed by atoms with E-state index in [4.69, 9.17) is 4.74 Å². The molecule has 1 N–H and O–H groups in total. The summed E-state index contributed by atoms with van der Waals surface area (Å²) >= 11 is 3.40. The Labute approximate surface area is 174 Å². The first kappa shape index (κ1) is 19.5. The lowest BCUT2D eigenvalue weighted by molar-refractivity contribution is -0.0506. The van der Waals surface area contributed by atoms with Crippen LogP contribution in [0.2, 0.25) is 0 Å². The summed E-state index contributed by atoms with van der Waals surface area (Å²) in [6.07, 6.45) is 1.90. The zero-order valence-electron chi connectivity index (χ0n) is 15.7. The van der Waals surface area contributed by atoms with Gasteiger partial charge in [-0.3, -0.25) is 0 Å². The van der Waals surface area contributed by atoms with E-state index in [9.17, 15) is 8.78 Å². The first-order chi connectivity index (χ1) is 13.9. The third-order valence-corrected chi connectivity index (χ3v) is 5.22. The van der Waals surface area contributed by atoms with Crippen molar-refractivity contribution >= 4 is 27.6 Å². The predicted octanol–water partition coefficient (Wildman–Crippen LogP) is 5.22. The zero-order valence-corrected chi connectivity index (χ0v) is 17.3. The molecule has 1 aliphatic rings. The topological polar surface area (TPSA) is 64.9 Å². The van der Waals surface area contributed by atoms with E-state index in [1.54, 1.807) is 12.1 Å². The van der Waals surface area contributed by atoms with Crippen molar-refractivity contribution in [3.63, 3.8) is 0 Å². The molecule has 0 radical (unpaired) electrons. The number of nitrogens with one attached hydrogen (secondary N) is 1. The molecule has 0 fully saturated rings. The van der Waals surface area contributed by atoms with Crippen molar-refractivity contribution in [1.29, 1.82) is 0 Å². The number of hydrogen-bond acceptors (Lipinski definition) is 5. The second-order valence-corrected chi connectivity index (χ2v) is 7.85. The van der Waals surface area contributed by atoms with Crippen molar-refractivity contribution < 1.29 is 13.5 Å². The summed E-state index contributed by atoms with van der Waals surface area (Å²) in [6, 6.07) is 12.5. The second-order valence-electron chi connectivity index (χ2n) is 6.93. The molecule has 9 heteroatoms. The Kier molecular flexibility index (Phi) is 5.31. The minimum atomic E-state index is -2.93. The van der Waals surface area contributed by atoms with E-state index in [1.807, 2.05) is 18.2 Å². The van der Waals surface area contributed by atoms with Crippen molar-refractivity contribution in [3.8, 4) is 5.75 Å². The number of nitrogens with zero attached hydrogens (tertiary/aromatic N) is 4. The number of alkyl halides is 2. The van der Waals surface area contributed by atoms with Gasteiger partial charge in [0.1, 0.15) is 11.8 Å². The van der Waals surface area contributed by atoms with E-state index in [-0.39, 0.29) is 5.75 Å². The maximum absolute atomic E-state index is 12.9. The van der Waals surface area contributed by atoms with Crippen LogP contribution < -0.4 is 10.1 Å². The van der Waals surface area contributed by atoms with Crippen molar-refractivity contribution in [2.24, 2.45) is 0 Å². The van der Waals surface area contributed by atoms with Crippen molar-refractivity contribution in [1.82, 2.24) is 20.2 Å². The number of rotatable bonds is 5. The molecule has 0 aliphatic carbocycles. The number of halogens is 3. The zero-order chi connectivity index (χ0) is 20.5. The molecule has 0 amide bonds. The maximum atomic E-state index is 12.9. The quantitative estimate of drug-likeness (QED) is 0.564. The Bertz CT molecular complexity index is 1050. The van der Waals surface area contributed by atoms with Crippen LogP contribution in [-0.4, -0.2) is 26.8 Å². The summed E-state index contributed by atoms with van der Waals surface area (Å²) in [5.41, 5.74) is 3.48. The fraction of sp³-hybridized carbons (Fsp3) is 0.250. The van der Waals surface area contributed by atoms with Gasteiger partial charge in [-0.05, 0) is 51.7 Å². The third-order valence-electron chi connectivity index (χ3n) is 4.72. The van der Waals surface area contributed by atoms with Crippen LogP contribution in [0.4, 0.5) is 14.7 Å². The highest BCUT2D eigenvalue weighted by molar-refractivity contribution is 9.10. The van der Waals surface area contributed by atoms with Crippen molar-refractivity contribution in [2.45, 2.75) is 32.4 Å². The van der Waals surface area contributed by atoms with Crippen LogP contribution in [-0.2, 0) is 0 Å². The van der Waals surface area contributed by atoms with E-state index in [0.717, 1.165) is 15.7 Å². The Hall–Kier alpha value is -2.81. The highest BCUT2D eigenvalue weighted by Crippen LogP contribution is 2.37. The Morgan fingerprint density at radius 1 is 1.14 bits per heavy atom. The van der Waals surface area contributed by atoms with Crippen LogP contribution in [0.25, 0.3) is 5.70 Å². The molecule has 3 aromatic rings. The first-order valence-corrected chi connectivity index (χ1v) is 9.83. The van der Waals surface area contributed by atoms with Gasteiger partial charge in [0.2, 0.25) is 5.95 Å². The van der Waals surface area contributed by atoms with Gasteiger partial charge in [-0.25, -0.2) is 0 Å². The predicted molar refractivity (Wildman–Crippen MR) is 109 cm³/mol. The van der Waals surface area contributed by atoms with E-state index >= 15 is 0 Å². The van der Waals surface area contributed by atoms with Crippen LogP contribution in [0.15, 0.2) is 53.0 Å². The van der Waals surface area contributed by atoms with E-state index in [2.05, 4.69) is 62.8 Å². The van der Waals surface area contributed by atoms with Gasteiger partial charge in [0.25, 0.3) is 0 Å². The monoisotopic (exact) mass is 461 g/mol. The molecule has 0 spiro atoms. The lowest BCUT2D eigenvalue weighted by atomic mass is 9.98. The lowest BCUT2D eigenvalue weighted by Crippen LogP contribution is -2.21. The molecule has 2 aromatic carbocycles. The Balaban J connectivity index is 1.79. The molecule has 0 unspecified atom stereocenters. The number of benzene rings is 2. The van der Waals surface area contributed by atoms with E-state index in [1.165, 1.54) is 16.3 Å². The minimum Gasteiger partial charge on any atom is -0.434 e. The minimum absolute atomic E-state index is 0.0716. The molecule has 0 saturated carbocycles. The molecule has 1 atom stereocenters. The molecule has 29 heavy (non-hydrogen) atoms. The van der Waals surface area contributed by atoms with Crippen LogP contribution in [0.1, 0.15) is 42.5 Å². The van der Waals surface area contributed by atoms with Gasteiger partial charge < -0.3 is 10.1 Å². The van der Waals surface area contributed by atoms with Gasteiger partial charge >= 0.3 is 6.61 Å². The summed E-state index contributed by atoms with van der Waals surface area (Å²) in [6.45, 7) is 1.33. The molecule has 1 aromatic heterocycles. The van der Waals surface area contributed by atoms with Crippen molar-refractivity contribution in [3.05, 3.63) is 69.7 Å². The average molecular weight is 462 g/mol. The van der Waals surface area contributed by atoms with Gasteiger partial charge in [-0.15, -0.1) is 0 Å². The number of fused-ring (bicyclic) bond motifs is 1. The fourth-order valence-electron chi connectivity index (χ4n) is 3.25. The lowest BCUT2D eigenvalue weighted by Gasteiger charge is -2.25. The molecular weight excluding hydrogens is 444 g/mol. The van der Waals surface area contributed by atoms with Crippen LogP contribution >= 0.6 is 15.9 Å². The van der Waals surface area contributed by atoms with Crippen LogP contribution in [0, 0.1) is 0 Å². The average Bonchev–Trinajstić information content (AvgIpc) is 3.17. The summed E-state index contributed by atoms with van der Waals surface area (Å²) in [5, 5.41) is 15.0. The Morgan fingerprint density at radius 2 is 1.90 bits per heavy atom. The van der Waals surface area contributed by atoms with Gasteiger partial charge in [-0.1, -0.05) is 59.1 Å². The van der Waals surface area contributed by atoms with E-state index < -0.39 is 12.7 Å². The smallest absolute Gasteiger partial charge is 0.387 e. The molecule has 4 rings (SSSR count). The first-order valence-electron chi connectivity index (χ1n) is 9.03. The second kappa shape index (κ2) is 7.90. The summed E-state index contributed by atoms with van der Waals surface area (Å²) in [4.78, 5) is 0. The number of ether oxygens (including phenoxy) is 1. The van der Waals surface area contributed by atoms with Crippen molar-refractivity contribution in [2.75, 3.05) is 5.32 Å². The SMILES string of the molecule is CC(C)c1ccc(C2=C[C@@H](c3cc(Br)ccc3OC(F)F)n3nnnc3N2)cc1. The van der Waals surface area contributed by atoms with Gasteiger partial charge in [-0.2, -0.15) is 13.5 Å². The molecule has 6 nitrogen and oxygen atoms in total. The third kappa shape index (κ3) is 4.00. The molecule has 0 saturated heterocycles. The molecule has 150 valence electrons. The molecule has 0 bridgehead atoms. The standard InChI is InChI=1S/C20H18BrF2N5O/c1-11(2)12-3-5-13(6-4-12)16-10-17(28-20(24-16)25-26-27-28)15-9-14(21)7-8-18(15)29-19(22)23/h3-11,17,19H,1-2H3,(H,24,25,27)/t17-/m0/s1. The number of anilines is 1. The summed E-state index contributed by atoms with van der Waals surface area (Å²) in [7, 11) is 0. The summed E-state index contributed by atoms with van der Waals surface area (Å²) in [5.74, 6) is 0.916. The van der Waals surface area contributed by atoms with Crippen LogP contribution in [0.3, 0.4) is 0 Å². The number of tetrazole rings is 1. The van der Waals surface area contributed by atoms with E-state index in [0.29, 0.717) is 17.4 Å². The largest absolute Gasteiger partial charge is 0.434 e. The highest BCUT2D eigenvalue weighted by atomic mass is 79.9. The fourth-order valence-corrected chi connectivity index (χ4v) is 3.62. The number of hydrogen-bond donors (Lipinski definition) is 1. The summed E-state index contributed by atoms with van der Waals surface area (Å²) < 4.78 is 32.9. The van der Waals surface area contributed by atoms with Gasteiger partial charge in [0.15, 0.2) is 0 Å². The molecular formula is C20H18BrF2N5O. The highest BCUT2D eigenvalue weighted by Gasteiger charge is 2.27.